The molecule has 0 aliphatic heterocycles. The molecule has 1 heterocycles. The number of aromatic nitrogens is 1. The lowest BCUT2D eigenvalue weighted by Crippen LogP contribution is -2.42. The Bertz CT molecular complexity index is 281. The molecule has 0 aromatic carbocycles. The minimum Gasteiger partial charge on any atom is -0.394 e. The Kier molecular flexibility index (Phi) is 5.25. The van der Waals surface area contributed by atoms with Crippen LogP contribution in [0.25, 0.3) is 0 Å². The number of anilines is 1. The highest BCUT2D eigenvalue weighted by molar-refractivity contribution is 5.38. The largest absolute Gasteiger partial charge is 0.394 e. The van der Waals surface area contributed by atoms with Crippen LogP contribution in [0.4, 0.5) is 5.82 Å². The first-order valence-corrected chi connectivity index (χ1v) is 4.52. The number of nitrogens with zero attached hydrogens (tertiary/aromatic N) is 1. The summed E-state index contributed by atoms with van der Waals surface area (Å²) in [4.78, 5) is 4.13. The van der Waals surface area contributed by atoms with Crippen molar-refractivity contribution in [2.24, 2.45) is 0 Å². The van der Waals surface area contributed by atoms with Crippen LogP contribution in [-0.4, -0.2) is 33.9 Å². The zero-order chi connectivity index (χ0) is 10.6. The van der Waals surface area contributed by atoms with Crippen molar-refractivity contribution in [2.75, 3.05) is 18.5 Å². The average Bonchev–Trinajstić information content (AvgIpc) is 2.21. The molecule has 1 aromatic rings. The lowest BCUT2D eigenvalue weighted by molar-refractivity contribution is 0.147. The quantitative estimate of drug-likeness (QED) is 0.701. The number of pyridine rings is 1. The Balaban J connectivity index is 0.00000196. The predicted molar refractivity (Wildman–Crippen MR) is 61.9 cm³/mol. The fourth-order valence-electron chi connectivity index (χ4n) is 0.980. The molecular formula is C11H20N2O2. The van der Waals surface area contributed by atoms with Gasteiger partial charge < -0.3 is 15.5 Å². The minimum atomic E-state index is -0.720. The van der Waals surface area contributed by atoms with Gasteiger partial charge in [0.15, 0.2) is 0 Å². The fraction of sp³-hybridized carbons (Fsp3) is 0.545. The monoisotopic (exact) mass is 212 g/mol. The van der Waals surface area contributed by atoms with Crippen molar-refractivity contribution >= 4 is 5.82 Å². The second kappa shape index (κ2) is 5.68. The van der Waals surface area contributed by atoms with E-state index in [1.54, 1.807) is 13.1 Å². The van der Waals surface area contributed by atoms with Crippen molar-refractivity contribution in [3.8, 4) is 0 Å². The number of nitrogens with one attached hydrogen (secondary N) is 1. The molecule has 0 bridgehead atoms. The van der Waals surface area contributed by atoms with Crippen molar-refractivity contribution in [3.63, 3.8) is 0 Å². The molecule has 0 radical (unpaired) electrons. The molecule has 4 heteroatoms. The standard InChI is InChI=1S/C10H16N2O2.CH4/c1-8-3-4-9(11-5-8)12-10(2,6-13)7-14;/h3-5,13-14H,6-7H2,1-2H3,(H,11,12);1H4. The molecule has 3 N–H and O–H groups in total. The van der Waals surface area contributed by atoms with Crippen LogP contribution in [0.15, 0.2) is 18.3 Å². The molecule has 0 saturated heterocycles. The van der Waals surface area contributed by atoms with E-state index in [-0.39, 0.29) is 20.6 Å². The van der Waals surface area contributed by atoms with Crippen LogP contribution in [0.5, 0.6) is 0 Å². The second-order valence-electron chi connectivity index (χ2n) is 3.72. The van der Waals surface area contributed by atoms with Crippen LogP contribution in [0, 0.1) is 6.92 Å². The molecule has 4 nitrogen and oxygen atoms in total. The molecule has 0 fully saturated rings. The summed E-state index contributed by atoms with van der Waals surface area (Å²) < 4.78 is 0. The van der Waals surface area contributed by atoms with E-state index in [0.717, 1.165) is 5.56 Å². The summed E-state index contributed by atoms with van der Waals surface area (Å²) in [6.45, 7) is 3.40. The number of hydrogen-bond donors (Lipinski definition) is 3. The van der Waals surface area contributed by atoms with Crippen LogP contribution < -0.4 is 5.32 Å². The Morgan fingerprint density at radius 3 is 2.33 bits per heavy atom. The van der Waals surface area contributed by atoms with Gasteiger partial charge in [-0.05, 0) is 25.5 Å². The lowest BCUT2D eigenvalue weighted by atomic mass is 10.1. The summed E-state index contributed by atoms with van der Waals surface area (Å²) in [7, 11) is 0. The van der Waals surface area contributed by atoms with Crippen molar-refractivity contribution in [1.29, 1.82) is 0 Å². The van der Waals surface area contributed by atoms with Crippen LogP contribution in [0.3, 0.4) is 0 Å². The molecule has 0 saturated carbocycles. The SMILES string of the molecule is C.Cc1ccc(NC(C)(CO)CO)nc1. The molecule has 86 valence electrons. The minimum absolute atomic E-state index is 0. The summed E-state index contributed by atoms with van der Waals surface area (Å²) in [6.07, 6.45) is 1.73. The van der Waals surface area contributed by atoms with E-state index < -0.39 is 5.54 Å². The molecule has 0 spiro atoms. The maximum atomic E-state index is 9.05. The van der Waals surface area contributed by atoms with E-state index in [2.05, 4.69) is 10.3 Å². The maximum absolute atomic E-state index is 9.05. The summed E-state index contributed by atoms with van der Waals surface area (Å²) in [5.74, 6) is 0.654. The zero-order valence-electron chi connectivity index (χ0n) is 8.49. The number of rotatable bonds is 4. The third-order valence-electron chi connectivity index (χ3n) is 2.04. The van der Waals surface area contributed by atoms with Crippen molar-refractivity contribution in [1.82, 2.24) is 4.98 Å². The highest BCUT2D eigenvalue weighted by Gasteiger charge is 2.21. The van der Waals surface area contributed by atoms with Crippen molar-refractivity contribution < 1.29 is 10.2 Å². The molecule has 0 amide bonds. The van der Waals surface area contributed by atoms with Crippen molar-refractivity contribution in [3.05, 3.63) is 23.9 Å². The first-order valence-electron chi connectivity index (χ1n) is 4.52. The number of hydrogen-bond acceptors (Lipinski definition) is 4. The van der Waals surface area contributed by atoms with Gasteiger partial charge in [0.2, 0.25) is 0 Å². The maximum Gasteiger partial charge on any atom is 0.126 e. The topological polar surface area (TPSA) is 65.4 Å². The van der Waals surface area contributed by atoms with Gasteiger partial charge in [-0.1, -0.05) is 13.5 Å². The van der Waals surface area contributed by atoms with E-state index in [9.17, 15) is 0 Å². The predicted octanol–water partition coefficient (Wildman–Crippen LogP) is 1.18. The van der Waals surface area contributed by atoms with Gasteiger partial charge in [-0.15, -0.1) is 0 Å². The summed E-state index contributed by atoms with van der Waals surface area (Å²) in [5, 5.41) is 21.1. The zero-order valence-corrected chi connectivity index (χ0v) is 8.49. The first-order chi connectivity index (χ1) is 6.59. The molecule has 15 heavy (non-hydrogen) atoms. The van der Waals surface area contributed by atoms with E-state index in [4.69, 9.17) is 10.2 Å². The summed E-state index contributed by atoms with van der Waals surface area (Å²) in [5.41, 5.74) is 0.354. The normalized spacial score (nSPS) is 10.7. The van der Waals surface area contributed by atoms with Gasteiger partial charge in [0.05, 0.1) is 18.8 Å². The molecular weight excluding hydrogens is 192 g/mol. The Hall–Kier alpha value is -1.13. The average molecular weight is 212 g/mol. The van der Waals surface area contributed by atoms with Gasteiger partial charge in [-0.2, -0.15) is 0 Å². The molecule has 0 atom stereocenters. The Labute approximate surface area is 91.0 Å². The van der Waals surface area contributed by atoms with Gasteiger partial charge >= 0.3 is 0 Å². The number of aliphatic hydroxyl groups is 2. The summed E-state index contributed by atoms with van der Waals surface area (Å²) in [6, 6.07) is 3.74. The van der Waals surface area contributed by atoms with E-state index >= 15 is 0 Å². The van der Waals surface area contributed by atoms with Crippen LogP contribution in [0.1, 0.15) is 19.9 Å². The van der Waals surface area contributed by atoms with Gasteiger partial charge in [0.25, 0.3) is 0 Å². The molecule has 0 aliphatic carbocycles. The molecule has 0 aliphatic rings. The highest BCUT2D eigenvalue weighted by Crippen LogP contribution is 2.12. The van der Waals surface area contributed by atoms with Gasteiger partial charge in [0, 0.05) is 6.20 Å². The first kappa shape index (κ1) is 13.9. The summed E-state index contributed by atoms with van der Waals surface area (Å²) >= 11 is 0. The number of aryl methyl sites for hydroxylation is 1. The second-order valence-corrected chi connectivity index (χ2v) is 3.72. The van der Waals surface area contributed by atoms with E-state index in [1.165, 1.54) is 0 Å². The smallest absolute Gasteiger partial charge is 0.126 e. The third kappa shape index (κ3) is 3.85. The molecule has 0 unspecified atom stereocenters. The molecule has 1 rings (SSSR count). The van der Waals surface area contributed by atoms with E-state index in [0.29, 0.717) is 5.82 Å². The van der Waals surface area contributed by atoms with Crippen molar-refractivity contribution in [2.45, 2.75) is 26.8 Å². The van der Waals surface area contributed by atoms with Crippen LogP contribution >= 0.6 is 0 Å². The van der Waals surface area contributed by atoms with Crippen LogP contribution in [0.2, 0.25) is 0 Å². The fourth-order valence-corrected chi connectivity index (χ4v) is 0.980. The third-order valence-corrected chi connectivity index (χ3v) is 2.04. The van der Waals surface area contributed by atoms with E-state index in [1.807, 2.05) is 19.1 Å². The van der Waals surface area contributed by atoms with Gasteiger partial charge in [-0.3, -0.25) is 0 Å². The lowest BCUT2D eigenvalue weighted by Gasteiger charge is -2.26. The van der Waals surface area contributed by atoms with Gasteiger partial charge in [-0.25, -0.2) is 4.98 Å². The van der Waals surface area contributed by atoms with Gasteiger partial charge in [0.1, 0.15) is 5.82 Å². The Morgan fingerprint density at radius 1 is 1.33 bits per heavy atom. The Morgan fingerprint density at radius 2 is 1.93 bits per heavy atom. The highest BCUT2D eigenvalue weighted by atomic mass is 16.3. The number of aliphatic hydroxyl groups excluding tert-OH is 2. The molecule has 1 aromatic heterocycles. The van der Waals surface area contributed by atoms with Crippen LogP contribution in [-0.2, 0) is 0 Å².